The number of carbonyl (C=O) groups is 1. The van der Waals surface area contributed by atoms with E-state index in [9.17, 15) is 4.79 Å². The summed E-state index contributed by atoms with van der Waals surface area (Å²) in [7, 11) is 0. The molecule has 0 aromatic carbocycles. The number of hydrogen-bond acceptors (Lipinski definition) is 3. The molecule has 2 aliphatic heterocycles. The van der Waals surface area contributed by atoms with E-state index in [0.717, 1.165) is 26.1 Å². The number of rotatable bonds is 4. The number of hydrogen-bond donors (Lipinski definition) is 0. The van der Waals surface area contributed by atoms with Crippen molar-refractivity contribution in [2.75, 3.05) is 38.9 Å². The smallest absolute Gasteiger partial charge is 0.224 e. The van der Waals surface area contributed by atoms with Gasteiger partial charge in [0.25, 0.3) is 0 Å². The molecule has 5 heteroatoms. The summed E-state index contributed by atoms with van der Waals surface area (Å²) in [6, 6.07) is 0.214. The predicted molar refractivity (Wildman–Crippen MR) is 65.2 cm³/mol. The van der Waals surface area contributed by atoms with Crippen LogP contribution in [0.15, 0.2) is 0 Å². The van der Waals surface area contributed by atoms with E-state index in [1.165, 1.54) is 0 Å². The lowest BCUT2D eigenvalue weighted by Crippen LogP contribution is -2.49. The second kappa shape index (κ2) is 6.57. The van der Waals surface area contributed by atoms with Crippen molar-refractivity contribution in [3.8, 4) is 0 Å². The van der Waals surface area contributed by atoms with Gasteiger partial charge in [-0.3, -0.25) is 4.79 Å². The lowest BCUT2D eigenvalue weighted by molar-refractivity contribution is -0.140. The quantitative estimate of drug-likeness (QED) is 0.716. The molecule has 4 nitrogen and oxygen atoms in total. The Labute approximate surface area is 107 Å². The zero-order valence-corrected chi connectivity index (χ0v) is 10.8. The van der Waals surface area contributed by atoms with Crippen molar-refractivity contribution in [1.82, 2.24) is 4.90 Å². The molecule has 1 amide bonds. The summed E-state index contributed by atoms with van der Waals surface area (Å²) in [5.41, 5.74) is 0. The minimum Gasteiger partial charge on any atom is -0.381 e. The van der Waals surface area contributed by atoms with Crippen LogP contribution in [0.4, 0.5) is 0 Å². The zero-order chi connectivity index (χ0) is 12.1. The summed E-state index contributed by atoms with van der Waals surface area (Å²) >= 11 is 5.63. The topological polar surface area (TPSA) is 38.8 Å². The van der Waals surface area contributed by atoms with Crippen LogP contribution in [0.25, 0.3) is 0 Å². The molecule has 0 saturated carbocycles. The van der Waals surface area contributed by atoms with Gasteiger partial charge in [-0.1, -0.05) is 0 Å². The molecular formula is C12H20ClNO3. The lowest BCUT2D eigenvalue weighted by atomic mass is 9.97. The average Bonchev–Trinajstić information content (AvgIpc) is 2.83. The van der Waals surface area contributed by atoms with Crippen molar-refractivity contribution in [2.45, 2.75) is 25.3 Å². The maximum atomic E-state index is 11.9. The highest BCUT2D eigenvalue weighted by Gasteiger charge is 2.30. The zero-order valence-electron chi connectivity index (χ0n) is 10.1. The van der Waals surface area contributed by atoms with Gasteiger partial charge in [0.05, 0.1) is 19.3 Å². The number of halogens is 1. The first-order valence-electron chi connectivity index (χ1n) is 6.32. The monoisotopic (exact) mass is 261 g/mol. The highest BCUT2D eigenvalue weighted by Crippen LogP contribution is 2.23. The van der Waals surface area contributed by atoms with Crippen molar-refractivity contribution in [3.63, 3.8) is 0 Å². The third kappa shape index (κ3) is 3.57. The van der Waals surface area contributed by atoms with Crippen molar-refractivity contribution >= 4 is 17.5 Å². The van der Waals surface area contributed by atoms with Crippen molar-refractivity contribution in [2.24, 2.45) is 5.92 Å². The van der Waals surface area contributed by atoms with Gasteiger partial charge in [0, 0.05) is 32.1 Å². The summed E-state index contributed by atoms with van der Waals surface area (Å²) < 4.78 is 10.9. The fraction of sp³-hybridized carbons (Fsp3) is 0.917. The highest BCUT2D eigenvalue weighted by atomic mass is 35.5. The number of ether oxygens (including phenoxy) is 2. The van der Waals surface area contributed by atoms with E-state index in [0.29, 0.717) is 38.0 Å². The molecule has 0 N–H and O–H groups in total. The first kappa shape index (κ1) is 13.1. The number of alkyl halides is 1. The molecule has 2 rings (SSSR count). The third-order valence-electron chi connectivity index (χ3n) is 3.49. The summed E-state index contributed by atoms with van der Waals surface area (Å²) in [5.74, 6) is 1.13. The van der Waals surface area contributed by atoms with E-state index < -0.39 is 0 Å². The molecule has 0 aromatic heterocycles. The van der Waals surface area contributed by atoms with Gasteiger partial charge in [0.2, 0.25) is 5.91 Å². The number of morpholine rings is 1. The van der Waals surface area contributed by atoms with Crippen LogP contribution in [0.5, 0.6) is 0 Å². The van der Waals surface area contributed by atoms with Crippen LogP contribution in [0.3, 0.4) is 0 Å². The van der Waals surface area contributed by atoms with Gasteiger partial charge in [-0.15, -0.1) is 11.6 Å². The number of carbonyl (C=O) groups excluding carboxylic acids is 1. The molecule has 2 unspecified atom stereocenters. The Balaban J connectivity index is 1.89. The normalized spacial score (nSPS) is 29.6. The summed E-state index contributed by atoms with van der Waals surface area (Å²) in [6.45, 7) is 3.69. The van der Waals surface area contributed by atoms with Gasteiger partial charge >= 0.3 is 0 Å². The van der Waals surface area contributed by atoms with Crippen LogP contribution in [-0.4, -0.2) is 55.7 Å². The molecule has 0 aliphatic carbocycles. The predicted octanol–water partition coefficient (Wildman–Crippen LogP) is 1.27. The molecule has 0 spiro atoms. The Morgan fingerprint density at radius 2 is 2.12 bits per heavy atom. The molecule has 2 aliphatic rings. The minimum absolute atomic E-state index is 0.159. The Bertz CT molecular complexity index is 256. The Hall–Kier alpha value is -0.320. The molecular weight excluding hydrogens is 242 g/mol. The summed E-state index contributed by atoms with van der Waals surface area (Å²) in [6.07, 6.45) is 2.53. The molecule has 0 radical (unpaired) electrons. The van der Waals surface area contributed by atoms with E-state index in [-0.39, 0.29) is 11.9 Å². The third-order valence-corrected chi connectivity index (χ3v) is 3.67. The largest absolute Gasteiger partial charge is 0.381 e. The van der Waals surface area contributed by atoms with Crippen LogP contribution in [0, 0.1) is 5.92 Å². The van der Waals surface area contributed by atoms with Crippen LogP contribution >= 0.6 is 11.6 Å². The van der Waals surface area contributed by atoms with Gasteiger partial charge in [-0.05, 0) is 18.8 Å². The van der Waals surface area contributed by atoms with E-state index in [1.54, 1.807) is 0 Å². The lowest BCUT2D eigenvalue weighted by Gasteiger charge is -2.36. The molecule has 0 bridgehead atoms. The first-order valence-corrected chi connectivity index (χ1v) is 6.85. The standard InChI is InChI=1S/C12H20ClNO3/c13-3-1-12(15)14-4-6-17-9-11(14)7-10-2-5-16-8-10/h10-11H,1-9H2. The van der Waals surface area contributed by atoms with E-state index in [1.807, 2.05) is 4.90 Å². The molecule has 17 heavy (non-hydrogen) atoms. The molecule has 2 saturated heterocycles. The second-order valence-corrected chi connectivity index (χ2v) is 5.10. The highest BCUT2D eigenvalue weighted by molar-refractivity contribution is 6.18. The number of nitrogens with zero attached hydrogens (tertiary/aromatic N) is 1. The Kier molecular flexibility index (Phi) is 5.07. The molecule has 2 fully saturated rings. The summed E-state index contributed by atoms with van der Waals surface area (Å²) in [4.78, 5) is 13.9. The summed E-state index contributed by atoms with van der Waals surface area (Å²) in [5, 5.41) is 0. The molecule has 0 aromatic rings. The van der Waals surface area contributed by atoms with Gasteiger partial charge in [-0.2, -0.15) is 0 Å². The van der Waals surface area contributed by atoms with Gasteiger partial charge in [0.1, 0.15) is 0 Å². The van der Waals surface area contributed by atoms with Crippen LogP contribution in [0.2, 0.25) is 0 Å². The first-order chi connectivity index (χ1) is 8.31. The fourth-order valence-electron chi connectivity index (χ4n) is 2.56. The van der Waals surface area contributed by atoms with Crippen molar-refractivity contribution in [3.05, 3.63) is 0 Å². The van der Waals surface area contributed by atoms with Crippen LogP contribution in [0.1, 0.15) is 19.3 Å². The minimum atomic E-state index is 0.159. The van der Waals surface area contributed by atoms with Crippen molar-refractivity contribution in [1.29, 1.82) is 0 Å². The SMILES string of the molecule is O=C(CCCl)N1CCOCC1CC1CCOC1. The van der Waals surface area contributed by atoms with Crippen LogP contribution in [-0.2, 0) is 14.3 Å². The Morgan fingerprint density at radius 1 is 1.29 bits per heavy atom. The van der Waals surface area contributed by atoms with Crippen LogP contribution < -0.4 is 0 Å². The number of amides is 1. The average molecular weight is 262 g/mol. The van der Waals surface area contributed by atoms with Gasteiger partial charge < -0.3 is 14.4 Å². The fourth-order valence-corrected chi connectivity index (χ4v) is 2.72. The maximum absolute atomic E-state index is 11.9. The van der Waals surface area contributed by atoms with E-state index in [4.69, 9.17) is 21.1 Å². The molecule has 2 atom stereocenters. The Morgan fingerprint density at radius 3 is 2.82 bits per heavy atom. The maximum Gasteiger partial charge on any atom is 0.224 e. The molecule has 2 heterocycles. The van der Waals surface area contributed by atoms with Gasteiger partial charge in [0.15, 0.2) is 0 Å². The second-order valence-electron chi connectivity index (χ2n) is 4.72. The van der Waals surface area contributed by atoms with E-state index in [2.05, 4.69) is 0 Å². The van der Waals surface area contributed by atoms with E-state index >= 15 is 0 Å². The van der Waals surface area contributed by atoms with Gasteiger partial charge in [-0.25, -0.2) is 0 Å². The molecule has 98 valence electrons. The van der Waals surface area contributed by atoms with Crippen molar-refractivity contribution < 1.29 is 14.3 Å².